The average Bonchev–Trinajstić information content (AvgIpc) is 2.26. The zero-order chi connectivity index (χ0) is 12.1. The number of carbonyl (C=O) groups excluding carboxylic acids is 1. The van der Waals surface area contributed by atoms with Gasteiger partial charge in [0, 0.05) is 0 Å². The lowest BCUT2D eigenvalue weighted by Crippen LogP contribution is -2.33. The summed E-state index contributed by atoms with van der Waals surface area (Å²) in [6.45, 7) is 1.79. The van der Waals surface area contributed by atoms with Crippen molar-refractivity contribution in [3.8, 4) is 11.8 Å². The summed E-state index contributed by atoms with van der Waals surface area (Å²) in [5, 5.41) is 8.65. The molecule has 0 aromatic heterocycles. The lowest BCUT2D eigenvalue weighted by atomic mass is 10.2. The van der Waals surface area contributed by atoms with Gasteiger partial charge in [-0.05, 0) is 24.6 Å². The van der Waals surface area contributed by atoms with Crippen molar-refractivity contribution in [1.29, 1.82) is 5.26 Å². The number of ether oxygens (including phenoxy) is 1. The van der Waals surface area contributed by atoms with Crippen LogP contribution in [0.2, 0.25) is 0 Å². The molecule has 0 aliphatic heterocycles. The molecule has 1 aromatic carbocycles. The van der Waals surface area contributed by atoms with Crippen molar-refractivity contribution in [1.82, 2.24) is 0 Å². The largest absolute Gasteiger partial charge is 0.478 e. The smallest absolute Gasteiger partial charge is 0.258 e. The summed E-state index contributed by atoms with van der Waals surface area (Å²) in [4.78, 5) is 11.0. The Morgan fingerprint density at radius 1 is 1.62 bits per heavy atom. The molecule has 0 radical (unpaired) electrons. The van der Waals surface area contributed by atoms with Crippen molar-refractivity contribution < 1.29 is 9.53 Å². The summed E-state index contributed by atoms with van der Waals surface area (Å²) < 4.78 is 5.35. The van der Waals surface area contributed by atoms with Crippen LogP contribution in [0.25, 0.3) is 0 Å². The highest BCUT2D eigenvalue weighted by atomic mass is 16.5. The third-order valence-corrected chi connectivity index (χ3v) is 2.10. The minimum atomic E-state index is -0.699. The highest BCUT2D eigenvalue weighted by molar-refractivity contribution is 5.79. The molecular formula is C11H13N3O2. The van der Waals surface area contributed by atoms with Crippen LogP contribution in [0.5, 0.6) is 5.75 Å². The number of hydrogen-bond acceptors (Lipinski definition) is 4. The third-order valence-electron chi connectivity index (χ3n) is 2.10. The van der Waals surface area contributed by atoms with Crippen LogP contribution >= 0.6 is 0 Å². The topological polar surface area (TPSA) is 102 Å². The second-order valence-electron chi connectivity index (χ2n) is 3.28. The summed E-state index contributed by atoms with van der Waals surface area (Å²) in [6.07, 6.45) is -0.232. The van der Waals surface area contributed by atoms with E-state index < -0.39 is 12.0 Å². The molecule has 0 fully saturated rings. The van der Waals surface area contributed by atoms with E-state index >= 15 is 0 Å². The number of anilines is 1. The van der Waals surface area contributed by atoms with Crippen LogP contribution in [-0.2, 0) is 4.79 Å². The van der Waals surface area contributed by atoms with Gasteiger partial charge in [0.1, 0.15) is 5.75 Å². The SMILES string of the molecule is CCC(Oc1ccc(C#N)cc1N)C(N)=O. The molecule has 0 bridgehead atoms. The summed E-state index contributed by atoms with van der Waals surface area (Å²) in [5.74, 6) is -0.170. The fraction of sp³-hybridized carbons (Fsp3) is 0.273. The monoisotopic (exact) mass is 219 g/mol. The van der Waals surface area contributed by atoms with E-state index in [4.69, 9.17) is 21.5 Å². The Labute approximate surface area is 93.6 Å². The molecule has 4 N–H and O–H groups in total. The molecule has 0 spiro atoms. The first-order chi connectivity index (χ1) is 7.58. The average molecular weight is 219 g/mol. The fourth-order valence-electron chi connectivity index (χ4n) is 1.22. The number of nitriles is 1. The molecule has 5 heteroatoms. The molecule has 84 valence electrons. The summed E-state index contributed by atoms with van der Waals surface area (Å²) in [6, 6.07) is 6.57. The first kappa shape index (κ1) is 11.9. The van der Waals surface area contributed by atoms with Gasteiger partial charge in [0.15, 0.2) is 6.10 Å². The Morgan fingerprint density at radius 3 is 2.75 bits per heavy atom. The van der Waals surface area contributed by atoms with E-state index in [0.29, 0.717) is 23.4 Å². The Kier molecular flexibility index (Phi) is 3.72. The van der Waals surface area contributed by atoms with Crippen LogP contribution in [0.3, 0.4) is 0 Å². The lowest BCUT2D eigenvalue weighted by molar-refractivity contribution is -0.124. The number of primary amides is 1. The van der Waals surface area contributed by atoms with Crippen LogP contribution in [0.4, 0.5) is 5.69 Å². The Bertz CT molecular complexity index is 437. The van der Waals surface area contributed by atoms with Gasteiger partial charge in [0.25, 0.3) is 5.91 Å². The highest BCUT2D eigenvalue weighted by Crippen LogP contribution is 2.23. The van der Waals surface area contributed by atoms with Crippen molar-refractivity contribution in [3.05, 3.63) is 23.8 Å². The predicted molar refractivity (Wildman–Crippen MR) is 59.5 cm³/mol. The Morgan fingerprint density at radius 2 is 2.31 bits per heavy atom. The second-order valence-corrected chi connectivity index (χ2v) is 3.28. The van der Waals surface area contributed by atoms with Gasteiger partial charge >= 0.3 is 0 Å². The molecule has 1 amide bonds. The molecule has 1 atom stereocenters. The zero-order valence-electron chi connectivity index (χ0n) is 8.93. The number of rotatable bonds is 4. The molecule has 0 saturated carbocycles. The highest BCUT2D eigenvalue weighted by Gasteiger charge is 2.15. The van der Waals surface area contributed by atoms with Crippen molar-refractivity contribution >= 4 is 11.6 Å². The summed E-state index contributed by atoms with van der Waals surface area (Å²) in [5.41, 5.74) is 11.6. The molecule has 1 unspecified atom stereocenters. The van der Waals surface area contributed by atoms with Gasteiger partial charge in [0.05, 0.1) is 17.3 Å². The maximum atomic E-state index is 11.0. The minimum absolute atomic E-state index is 0.318. The molecule has 16 heavy (non-hydrogen) atoms. The number of hydrogen-bond donors (Lipinski definition) is 2. The molecule has 0 aliphatic carbocycles. The zero-order valence-corrected chi connectivity index (χ0v) is 8.93. The Hall–Kier alpha value is -2.22. The van der Waals surface area contributed by atoms with E-state index in [-0.39, 0.29) is 0 Å². The van der Waals surface area contributed by atoms with Gasteiger partial charge < -0.3 is 16.2 Å². The van der Waals surface area contributed by atoms with Crippen molar-refractivity contribution in [2.75, 3.05) is 5.73 Å². The van der Waals surface area contributed by atoms with Gasteiger partial charge in [-0.3, -0.25) is 4.79 Å². The standard InChI is InChI=1S/C11H13N3O2/c1-2-9(11(14)15)16-10-4-3-7(6-12)5-8(10)13/h3-5,9H,2,13H2,1H3,(H2,14,15). The van der Waals surface area contributed by atoms with E-state index in [2.05, 4.69) is 0 Å². The van der Waals surface area contributed by atoms with Gasteiger partial charge in [-0.15, -0.1) is 0 Å². The van der Waals surface area contributed by atoms with Crippen LogP contribution < -0.4 is 16.2 Å². The second kappa shape index (κ2) is 5.03. The van der Waals surface area contributed by atoms with E-state index in [0.717, 1.165) is 0 Å². The fourth-order valence-corrected chi connectivity index (χ4v) is 1.22. The van der Waals surface area contributed by atoms with Gasteiger partial charge in [-0.25, -0.2) is 0 Å². The van der Waals surface area contributed by atoms with Crippen LogP contribution in [0, 0.1) is 11.3 Å². The number of nitrogens with zero attached hydrogens (tertiary/aromatic N) is 1. The third kappa shape index (κ3) is 2.64. The number of nitrogens with two attached hydrogens (primary N) is 2. The number of nitrogen functional groups attached to an aromatic ring is 1. The van der Waals surface area contributed by atoms with E-state index in [9.17, 15) is 4.79 Å². The molecule has 1 aromatic rings. The normalized spacial score (nSPS) is 11.5. The van der Waals surface area contributed by atoms with Gasteiger partial charge in [-0.2, -0.15) is 5.26 Å². The first-order valence-corrected chi connectivity index (χ1v) is 4.84. The van der Waals surface area contributed by atoms with Crippen molar-refractivity contribution in [2.45, 2.75) is 19.4 Å². The number of amides is 1. The van der Waals surface area contributed by atoms with Crippen LogP contribution in [0.15, 0.2) is 18.2 Å². The lowest BCUT2D eigenvalue weighted by Gasteiger charge is -2.15. The predicted octanol–water partition coefficient (Wildman–Crippen LogP) is 0.783. The van der Waals surface area contributed by atoms with Crippen LogP contribution in [0.1, 0.15) is 18.9 Å². The van der Waals surface area contributed by atoms with Crippen molar-refractivity contribution in [3.63, 3.8) is 0 Å². The minimum Gasteiger partial charge on any atom is -0.478 e. The number of benzene rings is 1. The maximum Gasteiger partial charge on any atom is 0.258 e. The van der Waals surface area contributed by atoms with Gasteiger partial charge in [0.2, 0.25) is 0 Å². The van der Waals surface area contributed by atoms with E-state index in [1.54, 1.807) is 19.1 Å². The summed E-state index contributed by atoms with van der Waals surface area (Å²) >= 11 is 0. The molecule has 1 rings (SSSR count). The molecule has 5 nitrogen and oxygen atoms in total. The van der Waals surface area contributed by atoms with E-state index in [1.807, 2.05) is 6.07 Å². The Balaban J connectivity index is 2.90. The first-order valence-electron chi connectivity index (χ1n) is 4.84. The number of carbonyl (C=O) groups is 1. The molecule has 0 saturated heterocycles. The maximum absolute atomic E-state index is 11.0. The molecule has 0 aliphatic rings. The summed E-state index contributed by atoms with van der Waals surface area (Å²) in [7, 11) is 0. The van der Waals surface area contributed by atoms with Crippen molar-refractivity contribution in [2.24, 2.45) is 5.73 Å². The molecule has 0 heterocycles. The van der Waals surface area contributed by atoms with Crippen LogP contribution in [-0.4, -0.2) is 12.0 Å². The van der Waals surface area contributed by atoms with E-state index in [1.165, 1.54) is 6.07 Å². The quantitative estimate of drug-likeness (QED) is 0.730. The van der Waals surface area contributed by atoms with Gasteiger partial charge in [-0.1, -0.05) is 6.92 Å². The molecular weight excluding hydrogens is 206 g/mol.